The lowest BCUT2D eigenvalue weighted by atomic mass is 9.84. The molecular formula is C15H22N4O2. The summed E-state index contributed by atoms with van der Waals surface area (Å²) in [5, 5.41) is 9.38. The molecular weight excluding hydrogens is 268 g/mol. The molecule has 0 spiro atoms. The highest BCUT2D eigenvalue weighted by Gasteiger charge is 2.35. The molecule has 1 aliphatic heterocycles. The summed E-state index contributed by atoms with van der Waals surface area (Å²) < 4.78 is 0. The lowest BCUT2D eigenvalue weighted by molar-refractivity contribution is -0.128. The maximum atomic E-state index is 12.5. The maximum Gasteiger partial charge on any atom is 0.257 e. The third-order valence-electron chi connectivity index (χ3n) is 4.62. The zero-order valence-electron chi connectivity index (χ0n) is 12.2. The molecule has 1 aromatic rings. The van der Waals surface area contributed by atoms with E-state index in [1.54, 1.807) is 11.1 Å². The minimum absolute atomic E-state index is 0.0105. The largest absolute Gasteiger partial charge is 0.353 e. The highest BCUT2D eigenvalue weighted by Crippen LogP contribution is 2.29. The molecule has 3 rings (SSSR count). The Labute approximate surface area is 124 Å². The van der Waals surface area contributed by atoms with Crippen LogP contribution >= 0.6 is 0 Å². The number of carbonyl (C=O) groups excluding carboxylic acids is 2. The molecule has 2 fully saturated rings. The van der Waals surface area contributed by atoms with Gasteiger partial charge in [0.1, 0.15) is 6.04 Å². The van der Waals surface area contributed by atoms with Crippen LogP contribution in [-0.2, 0) is 4.79 Å². The van der Waals surface area contributed by atoms with Gasteiger partial charge in [0.05, 0.1) is 11.8 Å². The predicted octanol–water partition coefficient (Wildman–Crippen LogP) is 1.32. The molecule has 2 heterocycles. The SMILES string of the molecule is O=C1NCCN(C(=O)c2cn[nH]c2)[C@H]1CC1CCCCC1. The van der Waals surface area contributed by atoms with Crippen molar-refractivity contribution in [2.75, 3.05) is 13.1 Å². The van der Waals surface area contributed by atoms with Crippen LogP contribution in [0.4, 0.5) is 0 Å². The quantitative estimate of drug-likeness (QED) is 0.881. The third kappa shape index (κ3) is 3.09. The van der Waals surface area contributed by atoms with E-state index >= 15 is 0 Å². The van der Waals surface area contributed by atoms with Gasteiger partial charge in [0.2, 0.25) is 5.91 Å². The van der Waals surface area contributed by atoms with Crippen LogP contribution in [0.5, 0.6) is 0 Å². The average molecular weight is 290 g/mol. The first-order valence-electron chi connectivity index (χ1n) is 7.83. The van der Waals surface area contributed by atoms with Crippen LogP contribution in [-0.4, -0.2) is 46.0 Å². The molecule has 21 heavy (non-hydrogen) atoms. The number of hydrogen-bond acceptors (Lipinski definition) is 3. The lowest BCUT2D eigenvalue weighted by Crippen LogP contribution is -2.57. The van der Waals surface area contributed by atoms with Gasteiger partial charge < -0.3 is 10.2 Å². The van der Waals surface area contributed by atoms with E-state index in [0.29, 0.717) is 24.6 Å². The summed E-state index contributed by atoms with van der Waals surface area (Å²) >= 11 is 0. The molecule has 1 saturated carbocycles. The van der Waals surface area contributed by atoms with E-state index < -0.39 is 0 Å². The number of nitrogens with one attached hydrogen (secondary N) is 2. The Hall–Kier alpha value is -1.85. The Morgan fingerprint density at radius 1 is 1.33 bits per heavy atom. The molecule has 2 N–H and O–H groups in total. The van der Waals surface area contributed by atoms with Crippen molar-refractivity contribution in [3.8, 4) is 0 Å². The number of hydrogen-bond donors (Lipinski definition) is 2. The van der Waals surface area contributed by atoms with E-state index in [9.17, 15) is 9.59 Å². The number of nitrogens with zero attached hydrogens (tertiary/aromatic N) is 2. The van der Waals surface area contributed by atoms with E-state index in [1.165, 1.54) is 38.3 Å². The predicted molar refractivity (Wildman–Crippen MR) is 77.6 cm³/mol. The van der Waals surface area contributed by atoms with Gasteiger partial charge in [-0.1, -0.05) is 32.1 Å². The Balaban J connectivity index is 1.73. The summed E-state index contributed by atoms with van der Waals surface area (Å²) in [5.74, 6) is 0.454. The van der Waals surface area contributed by atoms with E-state index in [1.807, 2.05) is 0 Å². The molecule has 2 aliphatic rings. The molecule has 6 nitrogen and oxygen atoms in total. The lowest BCUT2D eigenvalue weighted by Gasteiger charge is -2.37. The van der Waals surface area contributed by atoms with Crippen LogP contribution in [0.3, 0.4) is 0 Å². The van der Waals surface area contributed by atoms with Crippen molar-refractivity contribution >= 4 is 11.8 Å². The second-order valence-electron chi connectivity index (χ2n) is 6.03. The Morgan fingerprint density at radius 2 is 2.14 bits per heavy atom. The van der Waals surface area contributed by atoms with E-state index in [4.69, 9.17) is 0 Å². The standard InChI is InChI=1S/C15H22N4O2/c20-14-13(8-11-4-2-1-3-5-11)19(7-6-16-14)15(21)12-9-17-18-10-12/h9-11,13H,1-8H2,(H,16,20)(H,17,18)/t13-/m0/s1. The number of rotatable bonds is 3. The molecule has 0 aromatic carbocycles. The van der Waals surface area contributed by atoms with Gasteiger partial charge in [-0.15, -0.1) is 0 Å². The molecule has 1 aliphatic carbocycles. The maximum absolute atomic E-state index is 12.5. The van der Waals surface area contributed by atoms with Crippen molar-refractivity contribution in [2.45, 2.75) is 44.6 Å². The second kappa shape index (κ2) is 6.28. The Morgan fingerprint density at radius 3 is 2.86 bits per heavy atom. The number of amides is 2. The van der Waals surface area contributed by atoms with E-state index in [0.717, 1.165) is 6.42 Å². The number of piperazine rings is 1. The summed E-state index contributed by atoms with van der Waals surface area (Å²) in [5.41, 5.74) is 0.526. The minimum atomic E-state index is -0.329. The number of aromatic nitrogens is 2. The van der Waals surface area contributed by atoms with Crippen LogP contribution < -0.4 is 5.32 Å². The molecule has 0 radical (unpaired) electrons. The van der Waals surface area contributed by atoms with Crippen molar-refractivity contribution < 1.29 is 9.59 Å². The molecule has 1 saturated heterocycles. The van der Waals surface area contributed by atoms with Gasteiger partial charge in [-0.25, -0.2) is 0 Å². The molecule has 1 aromatic heterocycles. The fourth-order valence-corrected chi connectivity index (χ4v) is 3.46. The fourth-order valence-electron chi connectivity index (χ4n) is 3.46. The van der Waals surface area contributed by atoms with Crippen LogP contribution in [0.15, 0.2) is 12.4 Å². The molecule has 0 bridgehead atoms. The zero-order chi connectivity index (χ0) is 14.7. The van der Waals surface area contributed by atoms with E-state index in [2.05, 4.69) is 15.5 Å². The minimum Gasteiger partial charge on any atom is -0.353 e. The van der Waals surface area contributed by atoms with Gasteiger partial charge in [-0.3, -0.25) is 14.7 Å². The molecule has 0 unspecified atom stereocenters. The van der Waals surface area contributed by atoms with Crippen LogP contribution in [0.1, 0.15) is 48.9 Å². The van der Waals surface area contributed by atoms with Crippen LogP contribution in [0, 0.1) is 5.92 Å². The van der Waals surface area contributed by atoms with Gasteiger partial charge in [-0.2, -0.15) is 5.10 Å². The van der Waals surface area contributed by atoms with Crippen molar-refractivity contribution in [1.29, 1.82) is 0 Å². The molecule has 2 amide bonds. The van der Waals surface area contributed by atoms with Crippen molar-refractivity contribution in [1.82, 2.24) is 20.4 Å². The van der Waals surface area contributed by atoms with Gasteiger partial charge in [0.25, 0.3) is 5.91 Å². The fraction of sp³-hybridized carbons (Fsp3) is 0.667. The van der Waals surface area contributed by atoms with Gasteiger partial charge in [0, 0.05) is 19.3 Å². The van der Waals surface area contributed by atoms with Crippen molar-refractivity contribution in [2.24, 2.45) is 5.92 Å². The van der Waals surface area contributed by atoms with Gasteiger partial charge in [-0.05, 0) is 12.3 Å². The smallest absolute Gasteiger partial charge is 0.257 e. The summed E-state index contributed by atoms with van der Waals surface area (Å²) in [6, 6.07) is -0.329. The molecule has 6 heteroatoms. The topological polar surface area (TPSA) is 78.1 Å². The van der Waals surface area contributed by atoms with Crippen molar-refractivity contribution in [3.05, 3.63) is 18.0 Å². The number of aromatic amines is 1. The monoisotopic (exact) mass is 290 g/mol. The van der Waals surface area contributed by atoms with Crippen LogP contribution in [0.25, 0.3) is 0 Å². The summed E-state index contributed by atoms with van der Waals surface area (Å²) in [6.07, 6.45) is 10.0. The number of H-pyrrole nitrogens is 1. The number of carbonyl (C=O) groups is 2. The van der Waals surface area contributed by atoms with Crippen molar-refractivity contribution in [3.63, 3.8) is 0 Å². The first-order valence-corrected chi connectivity index (χ1v) is 7.83. The van der Waals surface area contributed by atoms with Gasteiger partial charge >= 0.3 is 0 Å². The summed E-state index contributed by atoms with van der Waals surface area (Å²) in [7, 11) is 0. The van der Waals surface area contributed by atoms with Gasteiger partial charge in [0.15, 0.2) is 0 Å². The summed E-state index contributed by atoms with van der Waals surface area (Å²) in [4.78, 5) is 26.5. The highest BCUT2D eigenvalue weighted by molar-refractivity contribution is 5.97. The van der Waals surface area contributed by atoms with E-state index in [-0.39, 0.29) is 17.9 Å². The second-order valence-corrected chi connectivity index (χ2v) is 6.03. The van der Waals surface area contributed by atoms with Crippen LogP contribution in [0.2, 0.25) is 0 Å². The Kier molecular flexibility index (Phi) is 4.22. The normalized spacial score (nSPS) is 23.9. The molecule has 114 valence electrons. The summed E-state index contributed by atoms with van der Waals surface area (Å²) in [6.45, 7) is 1.11. The first-order chi connectivity index (χ1) is 10.3. The Bertz CT molecular complexity index is 494. The first kappa shape index (κ1) is 14.1. The zero-order valence-corrected chi connectivity index (χ0v) is 12.2. The highest BCUT2D eigenvalue weighted by atomic mass is 16.2. The third-order valence-corrected chi connectivity index (χ3v) is 4.62. The molecule has 1 atom stereocenters. The average Bonchev–Trinajstić information content (AvgIpc) is 3.04.